The number of rotatable bonds is 8. The SMILES string of the molecule is CCC(CC)c1cc(CNC(=NC)NCC(C)c2cccs2)on1. The van der Waals surface area contributed by atoms with Crippen LogP contribution in [0.3, 0.4) is 0 Å². The molecule has 0 bridgehead atoms. The molecule has 0 aliphatic rings. The first kappa shape index (κ1) is 18.5. The largest absolute Gasteiger partial charge is 0.359 e. The van der Waals surface area contributed by atoms with Gasteiger partial charge in [-0.15, -0.1) is 11.3 Å². The predicted octanol–water partition coefficient (Wildman–Crippen LogP) is 4.11. The van der Waals surface area contributed by atoms with Gasteiger partial charge in [-0.1, -0.05) is 32.0 Å². The fourth-order valence-electron chi connectivity index (χ4n) is 2.63. The Balaban J connectivity index is 1.81. The number of hydrogen-bond acceptors (Lipinski definition) is 4. The Morgan fingerprint density at radius 2 is 2.12 bits per heavy atom. The lowest BCUT2D eigenvalue weighted by molar-refractivity contribution is 0.368. The molecule has 1 unspecified atom stereocenters. The Labute approximate surface area is 148 Å². The highest BCUT2D eigenvalue weighted by Crippen LogP contribution is 2.22. The van der Waals surface area contributed by atoms with E-state index >= 15 is 0 Å². The summed E-state index contributed by atoms with van der Waals surface area (Å²) < 4.78 is 5.44. The van der Waals surface area contributed by atoms with Crippen LogP contribution in [0.5, 0.6) is 0 Å². The number of aliphatic imine (C=N–C) groups is 1. The van der Waals surface area contributed by atoms with E-state index in [-0.39, 0.29) is 0 Å². The van der Waals surface area contributed by atoms with Gasteiger partial charge in [-0.2, -0.15) is 0 Å². The number of aromatic nitrogens is 1. The molecule has 6 heteroatoms. The zero-order valence-electron chi connectivity index (χ0n) is 15.0. The molecule has 0 radical (unpaired) electrons. The van der Waals surface area contributed by atoms with Crippen LogP contribution in [0.15, 0.2) is 33.1 Å². The molecule has 0 aliphatic carbocycles. The lowest BCUT2D eigenvalue weighted by Gasteiger charge is -2.14. The summed E-state index contributed by atoms with van der Waals surface area (Å²) in [5, 5.41) is 13.0. The fraction of sp³-hybridized carbons (Fsp3) is 0.556. The first-order chi connectivity index (χ1) is 11.7. The molecule has 5 nitrogen and oxygen atoms in total. The molecule has 0 amide bonds. The number of nitrogens with zero attached hydrogens (tertiary/aromatic N) is 2. The number of hydrogen-bond donors (Lipinski definition) is 2. The van der Waals surface area contributed by atoms with Crippen LogP contribution in [0.25, 0.3) is 0 Å². The van der Waals surface area contributed by atoms with E-state index in [9.17, 15) is 0 Å². The highest BCUT2D eigenvalue weighted by molar-refractivity contribution is 7.10. The molecule has 0 saturated carbocycles. The molecular formula is C18H28N4OS. The van der Waals surface area contributed by atoms with Crippen molar-refractivity contribution in [3.05, 3.63) is 39.9 Å². The standard InChI is InChI=1S/C18H28N4OS/c1-5-14(6-2)16-10-15(23-22-16)12-21-18(19-4)20-11-13(3)17-8-7-9-24-17/h7-10,13-14H,5-6,11-12H2,1-4H3,(H2,19,20,21). The van der Waals surface area contributed by atoms with Gasteiger partial charge in [0.1, 0.15) is 0 Å². The van der Waals surface area contributed by atoms with E-state index < -0.39 is 0 Å². The molecule has 0 saturated heterocycles. The zero-order valence-corrected chi connectivity index (χ0v) is 15.8. The molecule has 2 N–H and O–H groups in total. The number of nitrogens with one attached hydrogen (secondary N) is 2. The summed E-state index contributed by atoms with van der Waals surface area (Å²) >= 11 is 1.79. The maximum Gasteiger partial charge on any atom is 0.191 e. The van der Waals surface area contributed by atoms with Crippen molar-refractivity contribution in [2.24, 2.45) is 4.99 Å². The Morgan fingerprint density at radius 1 is 1.33 bits per heavy atom. The summed E-state index contributed by atoms with van der Waals surface area (Å²) in [6, 6.07) is 6.30. The molecule has 0 aliphatic heterocycles. The minimum Gasteiger partial charge on any atom is -0.359 e. The van der Waals surface area contributed by atoms with E-state index in [1.165, 1.54) is 4.88 Å². The first-order valence-electron chi connectivity index (χ1n) is 8.61. The first-order valence-corrected chi connectivity index (χ1v) is 9.49. The van der Waals surface area contributed by atoms with Crippen molar-refractivity contribution in [3.63, 3.8) is 0 Å². The molecule has 0 spiro atoms. The van der Waals surface area contributed by atoms with Crippen LogP contribution in [0.1, 0.15) is 61.8 Å². The third kappa shape index (κ3) is 5.09. The average Bonchev–Trinajstić information content (AvgIpc) is 3.28. The maximum atomic E-state index is 5.44. The van der Waals surface area contributed by atoms with Crippen molar-refractivity contribution < 1.29 is 4.52 Å². The monoisotopic (exact) mass is 348 g/mol. The Morgan fingerprint density at radius 3 is 2.75 bits per heavy atom. The summed E-state index contributed by atoms with van der Waals surface area (Å²) in [6.07, 6.45) is 2.17. The molecule has 24 heavy (non-hydrogen) atoms. The maximum absolute atomic E-state index is 5.44. The smallest absolute Gasteiger partial charge is 0.191 e. The summed E-state index contributed by atoms with van der Waals surface area (Å²) in [7, 11) is 1.78. The molecule has 2 rings (SSSR count). The van der Waals surface area contributed by atoms with Crippen molar-refractivity contribution in [1.82, 2.24) is 15.8 Å². The van der Waals surface area contributed by atoms with Crippen molar-refractivity contribution in [2.45, 2.75) is 52.0 Å². The second-order valence-electron chi connectivity index (χ2n) is 5.95. The molecule has 132 valence electrons. The number of thiophene rings is 1. The van der Waals surface area contributed by atoms with Gasteiger partial charge in [0, 0.05) is 36.4 Å². The lowest BCUT2D eigenvalue weighted by atomic mass is 9.99. The second kappa shape index (κ2) is 9.47. The normalized spacial score (nSPS) is 13.3. The minimum absolute atomic E-state index is 0.454. The fourth-order valence-corrected chi connectivity index (χ4v) is 3.41. The van der Waals surface area contributed by atoms with Gasteiger partial charge in [0.05, 0.1) is 12.2 Å². The lowest BCUT2D eigenvalue weighted by Crippen LogP contribution is -2.38. The predicted molar refractivity (Wildman–Crippen MR) is 101 cm³/mol. The van der Waals surface area contributed by atoms with E-state index in [2.05, 4.69) is 59.1 Å². The zero-order chi connectivity index (χ0) is 17.4. The van der Waals surface area contributed by atoms with Gasteiger partial charge in [-0.25, -0.2) is 0 Å². The molecule has 1 atom stereocenters. The van der Waals surface area contributed by atoms with Gasteiger partial charge in [-0.3, -0.25) is 4.99 Å². The van der Waals surface area contributed by atoms with Crippen LogP contribution >= 0.6 is 11.3 Å². The van der Waals surface area contributed by atoms with Crippen LogP contribution in [-0.2, 0) is 6.54 Å². The molecular weight excluding hydrogens is 320 g/mol. The molecule has 2 heterocycles. The van der Waals surface area contributed by atoms with Gasteiger partial charge >= 0.3 is 0 Å². The van der Waals surface area contributed by atoms with E-state index in [0.29, 0.717) is 18.4 Å². The van der Waals surface area contributed by atoms with E-state index in [0.717, 1.165) is 36.8 Å². The molecule has 2 aromatic heterocycles. The summed E-state index contributed by atoms with van der Waals surface area (Å²) in [5.74, 6) is 2.55. The van der Waals surface area contributed by atoms with E-state index in [1.54, 1.807) is 18.4 Å². The Bertz CT molecular complexity index is 617. The van der Waals surface area contributed by atoms with Gasteiger partial charge in [-0.05, 0) is 24.3 Å². The van der Waals surface area contributed by atoms with Crippen LogP contribution in [0.2, 0.25) is 0 Å². The van der Waals surface area contributed by atoms with Gasteiger partial charge in [0.2, 0.25) is 0 Å². The topological polar surface area (TPSA) is 62.5 Å². The second-order valence-corrected chi connectivity index (χ2v) is 6.93. The van der Waals surface area contributed by atoms with Crippen LogP contribution < -0.4 is 10.6 Å². The van der Waals surface area contributed by atoms with Gasteiger partial charge in [0.25, 0.3) is 0 Å². The van der Waals surface area contributed by atoms with E-state index in [4.69, 9.17) is 4.52 Å². The van der Waals surface area contributed by atoms with Crippen LogP contribution in [0, 0.1) is 0 Å². The third-order valence-electron chi connectivity index (χ3n) is 4.24. The summed E-state index contributed by atoms with van der Waals surface area (Å²) in [5.41, 5.74) is 1.05. The van der Waals surface area contributed by atoms with Gasteiger partial charge in [0.15, 0.2) is 11.7 Å². The summed E-state index contributed by atoms with van der Waals surface area (Å²) in [4.78, 5) is 5.64. The summed E-state index contributed by atoms with van der Waals surface area (Å²) in [6.45, 7) is 8.00. The van der Waals surface area contributed by atoms with Crippen LogP contribution in [-0.4, -0.2) is 24.7 Å². The molecule has 0 aromatic carbocycles. The van der Waals surface area contributed by atoms with E-state index in [1.807, 2.05) is 6.07 Å². The highest BCUT2D eigenvalue weighted by atomic mass is 32.1. The van der Waals surface area contributed by atoms with Gasteiger partial charge < -0.3 is 15.2 Å². The Hall–Kier alpha value is -1.82. The Kier molecular flexibility index (Phi) is 7.31. The highest BCUT2D eigenvalue weighted by Gasteiger charge is 2.13. The number of guanidine groups is 1. The van der Waals surface area contributed by atoms with Crippen LogP contribution in [0.4, 0.5) is 0 Å². The van der Waals surface area contributed by atoms with Crippen molar-refractivity contribution in [3.8, 4) is 0 Å². The molecule has 0 fully saturated rings. The van der Waals surface area contributed by atoms with Crippen molar-refractivity contribution >= 4 is 17.3 Å². The quantitative estimate of drug-likeness (QED) is 0.557. The van der Waals surface area contributed by atoms with Crippen molar-refractivity contribution in [2.75, 3.05) is 13.6 Å². The average molecular weight is 349 g/mol. The van der Waals surface area contributed by atoms with Crippen molar-refractivity contribution in [1.29, 1.82) is 0 Å². The minimum atomic E-state index is 0.454. The third-order valence-corrected chi connectivity index (χ3v) is 5.34. The molecule has 2 aromatic rings.